The van der Waals surface area contributed by atoms with Gasteiger partial charge in [0.25, 0.3) is 5.69 Å². The van der Waals surface area contributed by atoms with E-state index >= 15 is 0 Å². The summed E-state index contributed by atoms with van der Waals surface area (Å²) < 4.78 is 6.52. The molecule has 0 N–H and O–H groups in total. The lowest BCUT2D eigenvalue weighted by molar-refractivity contribution is -0.384. The van der Waals surface area contributed by atoms with Gasteiger partial charge in [-0.25, -0.2) is 9.78 Å². The number of oxazole rings is 1. The summed E-state index contributed by atoms with van der Waals surface area (Å²) in [4.78, 5) is 41.6. The molecule has 0 unspecified atom stereocenters. The zero-order valence-electron chi connectivity index (χ0n) is 16.6. The van der Waals surface area contributed by atoms with Gasteiger partial charge in [0.15, 0.2) is 10.7 Å². The summed E-state index contributed by atoms with van der Waals surface area (Å²) in [5, 5.41) is 13.4. The fourth-order valence-corrected chi connectivity index (χ4v) is 4.10. The lowest BCUT2D eigenvalue weighted by Crippen LogP contribution is -2.26. The smallest absolute Gasteiger partial charge is 0.407 e. The Morgan fingerprint density at radius 1 is 1.26 bits per heavy atom. The Balaban J connectivity index is 1.52. The minimum atomic E-state index is -0.613. The number of anilines is 2. The molecule has 4 rings (SSSR count). The zero-order valence-corrected chi connectivity index (χ0v) is 17.4. The van der Waals surface area contributed by atoms with E-state index in [0.717, 1.165) is 11.4 Å². The van der Waals surface area contributed by atoms with E-state index in [9.17, 15) is 19.7 Å². The third-order valence-electron chi connectivity index (χ3n) is 4.70. The van der Waals surface area contributed by atoms with Crippen LogP contribution in [0.4, 0.5) is 16.5 Å². The zero-order chi connectivity index (χ0) is 22.0. The van der Waals surface area contributed by atoms with Crippen LogP contribution in [-0.2, 0) is 11.3 Å². The number of rotatable bonds is 7. The van der Waals surface area contributed by atoms with Gasteiger partial charge in [0, 0.05) is 24.4 Å². The van der Waals surface area contributed by atoms with Crippen molar-refractivity contribution in [3.63, 3.8) is 0 Å². The van der Waals surface area contributed by atoms with E-state index in [2.05, 4.69) is 4.98 Å². The number of aromatic nitrogens is 2. The predicted molar refractivity (Wildman–Crippen MR) is 117 cm³/mol. The van der Waals surface area contributed by atoms with E-state index in [1.807, 2.05) is 42.6 Å². The minimum absolute atomic E-state index is 0.142. The molecular weight excluding hydrogens is 420 g/mol. The standard InChI is InChI=1S/C21H18N4O5S/c1-14-13-31-20(22-14)24(15-6-3-2-4-7-15)19(26)8-5-11-23-17-10-9-16(25(28)29)12-18(17)30-21(23)27/h2-4,6-7,9-10,12-13H,5,8,11H2,1H3. The molecule has 2 aromatic heterocycles. The number of amides is 1. The Morgan fingerprint density at radius 3 is 2.71 bits per heavy atom. The monoisotopic (exact) mass is 438 g/mol. The molecule has 0 radical (unpaired) electrons. The van der Waals surface area contributed by atoms with Gasteiger partial charge in [-0.15, -0.1) is 11.3 Å². The first kappa shape index (κ1) is 20.5. The maximum absolute atomic E-state index is 13.1. The topological polar surface area (TPSA) is 111 Å². The fourth-order valence-electron chi connectivity index (χ4n) is 3.26. The van der Waals surface area contributed by atoms with Gasteiger partial charge in [-0.2, -0.15) is 0 Å². The van der Waals surface area contributed by atoms with Crippen LogP contribution >= 0.6 is 11.3 Å². The molecule has 9 nitrogen and oxygen atoms in total. The van der Waals surface area contributed by atoms with Crippen LogP contribution in [0.1, 0.15) is 18.5 Å². The normalized spacial score (nSPS) is 11.0. The van der Waals surface area contributed by atoms with E-state index in [4.69, 9.17) is 4.42 Å². The molecule has 31 heavy (non-hydrogen) atoms. The van der Waals surface area contributed by atoms with Gasteiger partial charge >= 0.3 is 5.76 Å². The van der Waals surface area contributed by atoms with E-state index in [1.54, 1.807) is 4.90 Å². The maximum atomic E-state index is 13.1. The van der Waals surface area contributed by atoms with Crippen molar-refractivity contribution in [2.24, 2.45) is 0 Å². The van der Waals surface area contributed by atoms with Crippen molar-refractivity contribution in [3.8, 4) is 0 Å². The molecular formula is C21H18N4O5S. The molecule has 0 aliphatic rings. The van der Waals surface area contributed by atoms with E-state index in [-0.39, 0.29) is 30.1 Å². The minimum Gasteiger partial charge on any atom is -0.407 e. The van der Waals surface area contributed by atoms with Crippen LogP contribution in [0, 0.1) is 17.0 Å². The quantitative estimate of drug-likeness (QED) is 0.312. The van der Waals surface area contributed by atoms with Crippen molar-refractivity contribution in [1.82, 2.24) is 9.55 Å². The number of aryl methyl sites for hydroxylation is 2. The molecule has 158 valence electrons. The number of carbonyl (C=O) groups excluding carboxylic acids is 1. The first-order valence-electron chi connectivity index (χ1n) is 9.52. The highest BCUT2D eigenvalue weighted by atomic mass is 32.1. The molecule has 0 bridgehead atoms. The first-order valence-corrected chi connectivity index (χ1v) is 10.4. The third-order valence-corrected chi connectivity index (χ3v) is 5.64. The second-order valence-electron chi connectivity index (χ2n) is 6.87. The largest absolute Gasteiger partial charge is 0.419 e. The van der Waals surface area contributed by atoms with Gasteiger partial charge < -0.3 is 4.42 Å². The number of benzene rings is 2. The number of nitro benzene ring substituents is 1. The highest BCUT2D eigenvalue weighted by Gasteiger charge is 2.21. The molecule has 0 fully saturated rings. The number of nitro groups is 1. The van der Waals surface area contributed by atoms with Gasteiger partial charge in [0.1, 0.15) is 0 Å². The van der Waals surface area contributed by atoms with Crippen LogP contribution in [0.5, 0.6) is 0 Å². The summed E-state index contributed by atoms with van der Waals surface area (Å²) in [6.07, 6.45) is 0.567. The predicted octanol–water partition coefficient (Wildman–Crippen LogP) is 4.41. The Kier molecular flexibility index (Phi) is 5.63. The number of nitrogens with zero attached hydrogens (tertiary/aromatic N) is 4. The summed E-state index contributed by atoms with van der Waals surface area (Å²) in [6, 6.07) is 13.3. The van der Waals surface area contributed by atoms with Crippen LogP contribution in [0.2, 0.25) is 0 Å². The van der Waals surface area contributed by atoms with Crippen molar-refractivity contribution >= 4 is 44.9 Å². The molecule has 0 saturated carbocycles. The Labute approximate surface area is 180 Å². The van der Waals surface area contributed by atoms with Crippen molar-refractivity contribution in [1.29, 1.82) is 0 Å². The number of hydrogen-bond acceptors (Lipinski definition) is 7. The molecule has 2 heterocycles. The third kappa shape index (κ3) is 4.24. The van der Waals surface area contributed by atoms with Gasteiger partial charge in [0.05, 0.1) is 27.9 Å². The summed E-state index contributed by atoms with van der Waals surface area (Å²) in [5.74, 6) is -0.754. The number of fused-ring (bicyclic) bond motifs is 1. The molecule has 10 heteroatoms. The molecule has 0 spiro atoms. The van der Waals surface area contributed by atoms with Crippen molar-refractivity contribution < 1.29 is 14.1 Å². The van der Waals surface area contributed by atoms with E-state index in [0.29, 0.717) is 17.1 Å². The highest BCUT2D eigenvalue weighted by Crippen LogP contribution is 2.29. The van der Waals surface area contributed by atoms with Crippen LogP contribution in [-0.4, -0.2) is 20.4 Å². The van der Waals surface area contributed by atoms with Crippen molar-refractivity contribution in [2.75, 3.05) is 4.90 Å². The molecule has 1 amide bonds. The number of hydrogen-bond donors (Lipinski definition) is 0. The summed E-state index contributed by atoms with van der Waals surface area (Å²) in [6.45, 7) is 2.11. The van der Waals surface area contributed by atoms with Gasteiger partial charge in [-0.1, -0.05) is 18.2 Å². The second kappa shape index (κ2) is 8.52. The van der Waals surface area contributed by atoms with Crippen LogP contribution in [0.15, 0.2) is 63.1 Å². The van der Waals surface area contributed by atoms with E-state index < -0.39 is 10.7 Å². The number of non-ortho nitro benzene ring substituents is 1. The average Bonchev–Trinajstić information content (AvgIpc) is 3.31. The Hall–Kier alpha value is -3.79. The Morgan fingerprint density at radius 2 is 2.03 bits per heavy atom. The van der Waals surface area contributed by atoms with Crippen LogP contribution < -0.4 is 10.7 Å². The van der Waals surface area contributed by atoms with Crippen LogP contribution in [0.25, 0.3) is 11.1 Å². The van der Waals surface area contributed by atoms with Crippen LogP contribution in [0.3, 0.4) is 0 Å². The van der Waals surface area contributed by atoms with Crippen molar-refractivity contribution in [3.05, 3.63) is 80.3 Å². The fraction of sp³-hybridized carbons (Fsp3) is 0.190. The summed E-state index contributed by atoms with van der Waals surface area (Å²) >= 11 is 1.39. The number of carbonyl (C=O) groups is 1. The SMILES string of the molecule is Cc1csc(N(C(=O)CCCn2c(=O)oc3cc([N+](=O)[O-])ccc32)c2ccccc2)n1. The van der Waals surface area contributed by atoms with Gasteiger partial charge in [0.2, 0.25) is 5.91 Å². The molecule has 4 aromatic rings. The first-order chi connectivity index (χ1) is 14.9. The average molecular weight is 438 g/mol. The number of thiazole rings is 1. The maximum Gasteiger partial charge on any atom is 0.419 e. The lowest BCUT2D eigenvalue weighted by atomic mass is 10.2. The Bertz CT molecular complexity index is 1310. The number of para-hydroxylation sites is 1. The second-order valence-corrected chi connectivity index (χ2v) is 7.71. The van der Waals surface area contributed by atoms with Gasteiger partial charge in [-0.05, 0) is 31.5 Å². The summed E-state index contributed by atoms with van der Waals surface area (Å²) in [5.41, 5.74) is 2.01. The van der Waals surface area contributed by atoms with E-state index in [1.165, 1.54) is 34.1 Å². The molecule has 0 saturated heterocycles. The molecule has 2 aromatic carbocycles. The molecule has 0 aliphatic heterocycles. The molecule has 0 atom stereocenters. The highest BCUT2D eigenvalue weighted by molar-refractivity contribution is 7.14. The lowest BCUT2D eigenvalue weighted by Gasteiger charge is -2.20. The summed E-state index contributed by atoms with van der Waals surface area (Å²) in [7, 11) is 0. The van der Waals surface area contributed by atoms with Crippen molar-refractivity contribution in [2.45, 2.75) is 26.3 Å². The molecule has 0 aliphatic carbocycles. The van der Waals surface area contributed by atoms with Gasteiger partial charge in [-0.3, -0.25) is 24.4 Å².